The molecule has 4 nitrogen and oxygen atoms in total. The zero-order valence-corrected chi connectivity index (χ0v) is 13.3. The standard InChI is InChI=1S/C16H22N4S/c1-2-3-12-4-6-14(7-5-12)20-15(18-19-16(20)21)13-8-10-17-11-9-13/h8-12,14H,2-7H2,1H3,(H,19,21). The summed E-state index contributed by atoms with van der Waals surface area (Å²) in [7, 11) is 0. The molecule has 2 aromatic rings. The number of hydrogen-bond acceptors (Lipinski definition) is 3. The predicted molar refractivity (Wildman–Crippen MR) is 86.5 cm³/mol. The number of pyridine rings is 1. The summed E-state index contributed by atoms with van der Waals surface area (Å²) in [6, 6.07) is 4.46. The summed E-state index contributed by atoms with van der Waals surface area (Å²) in [6.45, 7) is 2.28. The third-order valence-corrected chi connectivity index (χ3v) is 4.81. The van der Waals surface area contributed by atoms with E-state index in [4.69, 9.17) is 12.2 Å². The lowest BCUT2D eigenvalue weighted by atomic mass is 9.83. The molecule has 112 valence electrons. The number of aromatic nitrogens is 4. The average Bonchev–Trinajstić information content (AvgIpc) is 2.91. The first-order chi connectivity index (χ1) is 10.3. The van der Waals surface area contributed by atoms with Crippen LogP contribution in [0.2, 0.25) is 0 Å². The molecule has 0 bridgehead atoms. The van der Waals surface area contributed by atoms with E-state index in [1.54, 1.807) is 12.4 Å². The highest BCUT2D eigenvalue weighted by atomic mass is 32.1. The molecule has 0 aromatic carbocycles. The zero-order valence-electron chi connectivity index (χ0n) is 12.5. The van der Waals surface area contributed by atoms with Crippen LogP contribution in [0.4, 0.5) is 0 Å². The Hall–Kier alpha value is -1.49. The number of nitrogens with one attached hydrogen (secondary N) is 1. The second-order valence-corrected chi connectivity index (χ2v) is 6.31. The Bertz CT molecular complexity index is 623. The van der Waals surface area contributed by atoms with Gasteiger partial charge in [0.15, 0.2) is 10.6 Å². The van der Waals surface area contributed by atoms with E-state index in [1.807, 2.05) is 12.1 Å². The summed E-state index contributed by atoms with van der Waals surface area (Å²) < 4.78 is 2.95. The van der Waals surface area contributed by atoms with Crippen molar-refractivity contribution in [1.29, 1.82) is 0 Å². The topological polar surface area (TPSA) is 46.5 Å². The maximum Gasteiger partial charge on any atom is 0.195 e. The van der Waals surface area contributed by atoms with Crippen LogP contribution >= 0.6 is 12.2 Å². The van der Waals surface area contributed by atoms with Gasteiger partial charge in [-0.2, -0.15) is 5.10 Å². The van der Waals surface area contributed by atoms with E-state index < -0.39 is 0 Å². The SMILES string of the molecule is CCCC1CCC(n2c(-c3ccncc3)n[nH]c2=S)CC1. The molecule has 0 saturated heterocycles. The first kappa shape index (κ1) is 14.4. The van der Waals surface area contributed by atoms with Crippen LogP contribution in [0.15, 0.2) is 24.5 Å². The lowest BCUT2D eigenvalue weighted by Gasteiger charge is -2.29. The van der Waals surface area contributed by atoms with Crippen LogP contribution in [-0.4, -0.2) is 19.7 Å². The van der Waals surface area contributed by atoms with Crippen molar-refractivity contribution < 1.29 is 0 Å². The molecule has 0 aliphatic heterocycles. The summed E-state index contributed by atoms with van der Waals surface area (Å²) in [5, 5.41) is 7.40. The maximum absolute atomic E-state index is 5.46. The van der Waals surface area contributed by atoms with Gasteiger partial charge in [-0.15, -0.1) is 0 Å². The predicted octanol–water partition coefficient (Wildman–Crippen LogP) is 4.53. The number of hydrogen-bond donors (Lipinski definition) is 1. The molecule has 1 saturated carbocycles. The van der Waals surface area contributed by atoms with Crippen LogP contribution in [0.3, 0.4) is 0 Å². The number of rotatable bonds is 4. The largest absolute Gasteiger partial charge is 0.297 e. The Morgan fingerprint density at radius 3 is 2.62 bits per heavy atom. The van der Waals surface area contributed by atoms with Crippen LogP contribution in [0.5, 0.6) is 0 Å². The molecular weight excluding hydrogens is 280 g/mol. The van der Waals surface area contributed by atoms with Crippen molar-refractivity contribution in [2.45, 2.75) is 51.5 Å². The Morgan fingerprint density at radius 1 is 1.24 bits per heavy atom. The highest BCUT2D eigenvalue weighted by Gasteiger charge is 2.24. The molecule has 1 aliphatic carbocycles. The minimum Gasteiger partial charge on any atom is -0.297 e. The van der Waals surface area contributed by atoms with Crippen LogP contribution in [0.25, 0.3) is 11.4 Å². The van der Waals surface area contributed by atoms with Gasteiger partial charge in [0.25, 0.3) is 0 Å². The molecule has 0 atom stereocenters. The van der Waals surface area contributed by atoms with Gasteiger partial charge in [0.1, 0.15) is 0 Å². The number of aromatic amines is 1. The second-order valence-electron chi connectivity index (χ2n) is 5.92. The fourth-order valence-electron chi connectivity index (χ4n) is 3.45. The highest BCUT2D eigenvalue weighted by Crippen LogP contribution is 2.36. The fourth-order valence-corrected chi connectivity index (χ4v) is 3.73. The van der Waals surface area contributed by atoms with E-state index in [-0.39, 0.29) is 0 Å². The van der Waals surface area contributed by atoms with E-state index in [1.165, 1.54) is 38.5 Å². The van der Waals surface area contributed by atoms with Gasteiger partial charge in [-0.25, -0.2) is 0 Å². The summed E-state index contributed by atoms with van der Waals surface area (Å²) in [5.74, 6) is 1.85. The third kappa shape index (κ3) is 3.07. The Kier molecular flexibility index (Phi) is 4.48. The van der Waals surface area contributed by atoms with E-state index >= 15 is 0 Å². The molecule has 1 fully saturated rings. The minimum absolute atomic E-state index is 0.479. The van der Waals surface area contributed by atoms with Crippen molar-refractivity contribution in [1.82, 2.24) is 19.7 Å². The summed E-state index contributed by atoms with van der Waals surface area (Å²) >= 11 is 5.46. The van der Waals surface area contributed by atoms with E-state index in [0.29, 0.717) is 6.04 Å². The lowest BCUT2D eigenvalue weighted by Crippen LogP contribution is -2.19. The van der Waals surface area contributed by atoms with E-state index in [0.717, 1.165) is 22.1 Å². The van der Waals surface area contributed by atoms with Crippen LogP contribution in [0.1, 0.15) is 51.5 Å². The molecule has 2 aromatic heterocycles. The first-order valence-corrected chi connectivity index (χ1v) is 8.27. The molecular formula is C16H22N4S. The molecule has 1 aliphatic rings. The normalized spacial score (nSPS) is 22.3. The molecule has 2 heterocycles. The van der Waals surface area contributed by atoms with Gasteiger partial charge in [0, 0.05) is 24.0 Å². The molecule has 0 unspecified atom stereocenters. The molecule has 3 rings (SSSR count). The van der Waals surface area contributed by atoms with Crippen LogP contribution < -0.4 is 0 Å². The Morgan fingerprint density at radius 2 is 1.95 bits per heavy atom. The fraction of sp³-hybridized carbons (Fsp3) is 0.562. The van der Waals surface area contributed by atoms with Gasteiger partial charge in [-0.05, 0) is 56.0 Å². The number of H-pyrrole nitrogens is 1. The zero-order chi connectivity index (χ0) is 14.7. The highest BCUT2D eigenvalue weighted by molar-refractivity contribution is 7.71. The quantitative estimate of drug-likeness (QED) is 0.844. The van der Waals surface area contributed by atoms with E-state index in [9.17, 15) is 0 Å². The summed E-state index contributed by atoms with van der Waals surface area (Å²) in [5.41, 5.74) is 1.08. The smallest absolute Gasteiger partial charge is 0.195 e. The van der Waals surface area contributed by atoms with Gasteiger partial charge < -0.3 is 0 Å². The van der Waals surface area contributed by atoms with Crippen molar-refractivity contribution in [3.63, 3.8) is 0 Å². The molecule has 0 amide bonds. The van der Waals surface area contributed by atoms with Gasteiger partial charge in [0.05, 0.1) is 0 Å². The van der Waals surface area contributed by atoms with Gasteiger partial charge in [-0.3, -0.25) is 14.6 Å². The van der Waals surface area contributed by atoms with Crippen LogP contribution in [-0.2, 0) is 0 Å². The second kappa shape index (κ2) is 6.52. The van der Waals surface area contributed by atoms with Gasteiger partial charge in [-0.1, -0.05) is 19.8 Å². The third-order valence-electron chi connectivity index (χ3n) is 4.52. The first-order valence-electron chi connectivity index (χ1n) is 7.87. The van der Waals surface area contributed by atoms with Crippen molar-refractivity contribution in [2.75, 3.05) is 0 Å². The summed E-state index contributed by atoms with van der Waals surface area (Å²) in [6.07, 6.45) is 11.3. The van der Waals surface area contributed by atoms with Crippen molar-refractivity contribution >= 4 is 12.2 Å². The van der Waals surface area contributed by atoms with Crippen molar-refractivity contribution in [3.05, 3.63) is 29.3 Å². The monoisotopic (exact) mass is 302 g/mol. The van der Waals surface area contributed by atoms with Crippen molar-refractivity contribution in [3.8, 4) is 11.4 Å². The molecule has 5 heteroatoms. The Labute approximate surface area is 130 Å². The van der Waals surface area contributed by atoms with Gasteiger partial charge in [0.2, 0.25) is 0 Å². The average molecular weight is 302 g/mol. The molecule has 0 radical (unpaired) electrons. The number of nitrogens with zero attached hydrogens (tertiary/aromatic N) is 3. The van der Waals surface area contributed by atoms with Crippen LogP contribution in [0, 0.1) is 10.7 Å². The van der Waals surface area contributed by atoms with Crippen molar-refractivity contribution in [2.24, 2.45) is 5.92 Å². The molecule has 0 spiro atoms. The lowest BCUT2D eigenvalue weighted by molar-refractivity contribution is 0.262. The minimum atomic E-state index is 0.479. The van der Waals surface area contributed by atoms with E-state index in [2.05, 4.69) is 26.7 Å². The summed E-state index contributed by atoms with van der Waals surface area (Å²) in [4.78, 5) is 4.08. The Balaban J connectivity index is 1.84. The maximum atomic E-state index is 5.46. The molecule has 1 N–H and O–H groups in total. The molecule has 21 heavy (non-hydrogen) atoms. The van der Waals surface area contributed by atoms with Gasteiger partial charge >= 0.3 is 0 Å².